The lowest BCUT2D eigenvalue weighted by molar-refractivity contribution is -0.139. The number of benzene rings is 3. The summed E-state index contributed by atoms with van der Waals surface area (Å²) in [7, 11) is -4.34. The zero-order chi connectivity index (χ0) is 25.9. The molecule has 3 aromatic rings. The van der Waals surface area contributed by atoms with Crippen LogP contribution < -0.4 is 9.46 Å². The first-order chi connectivity index (χ1) is 17.2. The number of fused-ring (bicyclic) bond motifs is 1. The molecule has 0 aromatic heterocycles. The molecule has 1 atom stereocenters. The van der Waals surface area contributed by atoms with Gasteiger partial charge >= 0.3 is 5.97 Å². The molecule has 0 radical (unpaired) electrons. The molecule has 0 spiro atoms. The Hall–Kier alpha value is -3.56. The summed E-state index contributed by atoms with van der Waals surface area (Å²) in [5.41, 5.74) is 3.82. The molecule has 36 heavy (non-hydrogen) atoms. The fraction of sp³-hybridized carbons (Fsp3) is 0.259. The molecule has 1 aliphatic carbocycles. The van der Waals surface area contributed by atoms with Crippen LogP contribution in [0.25, 0.3) is 11.1 Å². The number of aryl methyl sites for hydroxylation is 1. The number of carboxylic acid groups (broad SMARTS) is 1. The van der Waals surface area contributed by atoms with E-state index in [0.29, 0.717) is 29.9 Å². The molecular formula is C27H26FNO6S. The maximum Gasteiger partial charge on any atom is 0.321 e. The Balaban J connectivity index is 1.44. The zero-order valence-electron chi connectivity index (χ0n) is 19.7. The third-order valence-corrected chi connectivity index (χ3v) is 7.65. The first-order valence-electron chi connectivity index (χ1n) is 11.6. The van der Waals surface area contributed by atoms with Gasteiger partial charge < -0.3 is 9.84 Å². The number of Topliss-reactive ketones (excluding diaryl/α,β-unsaturated/α-hetero) is 1. The van der Waals surface area contributed by atoms with E-state index in [1.54, 1.807) is 18.2 Å². The molecule has 0 unspecified atom stereocenters. The summed E-state index contributed by atoms with van der Waals surface area (Å²) < 4.78 is 47.5. The minimum Gasteiger partial charge on any atom is -0.489 e. The highest BCUT2D eigenvalue weighted by Crippen LogP contribution is 2.27. The van der Waals surface area contributed by atoms with Crippen LogP contribution in [-0.2, 0) is 27.8 Å². The van der Waals surface area contributed by atoms with Gasteiger partial charge in [-0.25, -0.2) is 12.8 Å². The fourth-order valence-corrected chi connectivity index (χ4v) is 5.46. The van der Waals surface area contributed by atoms with Crippen LogP contribution >= 0.6 is 0 Å². The van der Waals surface area contributed by atoms with Crippen molar-refractivity contribution in [3.63, 3.8) is 0 Å². The number of carbonyl (C=O) groups is 2. The molecule has 0 aliphatic heterocycles. The van der Waals surface area contributed by atoms with Gasteiger partial charge in [-0.1, -0.05) is 37.3 Å². The van der Waals surface area contributed by atoms with Crippen LogP contribution in [0.15, 0.2) is 65.6 Å². The number of nitrogens with one attached hydrogen (secondary N) is 1. The largest absolute Gasteiger partial charge is 0.489 e. The van der Waals surface area contributed by atoms with Gasteiger partial charge in [-0.2, -0.15) is 4.72 Å². The Morgan fingerprint density at radius 3 is 2.44 bits per heavy atom. The summed E-state index contributed by atoms with van der Waals surface area (Å²) in [5, 5.41) is 9.09. The van der Waals surface area contributed by atoms with Crippen molar-refractivity contribution < 1.29 is 32.2 Å². The van der Waals surface area contributed by atoms with E-state index in [2.05, 4.69) is 0 Å². The van der Waals surface area contributed by atoms with Crippen LogP contribution in [-0.4, -0.2) is 31.3 Å². The van der Waals surface area contributed by atoms with Crippen LogP contribution in [0.2, 0.25) is 0 Å². The lowest BCUT2D eigenvalue weighted by Crippen LogP contribution is -2.40. The predicted molar refractivity (Wildman–Crippen MR) is 132 cm³/mol. The van der Waals surface area contributed by atoms with Crippen molar-refractivity contribution in [1.29, 1.82) is 0 Å². The van der Waals surface area contributed by atoms with Gasteiger partial charge in [0.2, 0.25) is 10.0 Å². The maximum absolute atomic E-state index is 14.7. The molecule has 0 saturated carbocycles. The second kappa shape index (κ2) is 10.6. The number of carboxylic acids is 1. The molecule has 9 heteroatoms. The minimum absolute atomic E-state index is 0.0243. The molecule has 3 aromatic carbocycles. The van der Waals surface area contributed by atoms with Gasteiger partial charge in [-0.05, 0) is 71.8 Å². The number of carbonyl (C=O) groups excluding carboxylic acids is 1. The Bertz CT molecular complexity index is 1400. The number of aliphatic carboxylic acids is 1. The van der Waals surface area contributed by atoms with Crippen molar-refractivity contribution in [2.75, 3.05) is 0 Å². The molecule has 0 fully saturated rings. The van der Waals surface area contributed by atoms with E-state index in [1.807, 2.05) is 29.0 Å². The van der Waals surface area contributed by atoms with Crippen molar-refractivity contribution in [3.8, 4) is 16.9 Å². The van der Waals surface area contributed by atoms with E-state index >= 15 is 0 Å². The highest BCUT2D eigenvalue weighted by Gasteiger charge is 2.26. The highest BCUT2D eigenvalue weighted by atomic mass is 32.2. The monoisotopic (exact) mass is 511 g/mol. The quantitative estimate of drug-likeness (QED) is 0.430. The van der Waals surface area contributed by atoms with Crippen molar-refractivity contribution in [3.05, 3.63) is 83.2 Å². The average Bonchev–Trinajstić information content (AvgIpc) is 2.86. The zero-order valence-corrected chi connectivity index (χ0v) is 20.5. The summed E-state index contributed by atoms with van der Waals surface area (Å²) >= 11 is 0. The highest BCUT2D eigenvalue weighted by molar-refractivity contribution is 7.89. The molecule has 0 bridgehead atoms. The first kappa shape index (κ1) is 25.5. The fourth-order valence-electron chi connectivity index (χ4n) is 4.13. The molecule has 4 rings (SSSR count). The van der Waals surface area contributed by atoms with Crippen LogP contribution in [0.4, 0.5) is 4.39 Å². The molecule has 1 aliphatic rings. The van der Waals surface area contributed by atoms with Gasteiger partial charge in [0.1, 0.15) is 29.1 Å². The predicted octanol–water partition coefficient (Wildman–Crippen LogP) is 4.73. The van der Waals surface area contributed by atoms with E-state index in [1.165, 1.54) is 13.0 Å². The number of rotatable bonds is 9. The normalized spacial score (nSPS) is 14.2. The van der Waals surface area contributed by atoms with Gasteiger partial charge in [0.15, 0.2) is 5.78 Å². The standard InChI is InChI=1S/C27H26FNO6S/c1-2-24(27(31)32)29-36(33,34)26-13-10-19(15-23(26)28)18-8-6-17(7-9-18)16-35-21-11-12-22-20(14-21)4-3-5-25(22)30/h6-15,24,29H,2-5,16H2,1H3,(H,31,32)/t24-/m1/s1. The number of ether oxygens (including phenoxy) is 1. The van der Waals surface area contributed by atoms with Gasteiger partial charge in [0, 0.05) is 12.0 Å². The summed E-state index contributed by atoms with van der Waals surface area (Å²) in [4.78, 5) is 22.5. The molecule has 0 amide bonds. The lowest BCUT2D eigenvalue weighted by Gasteiger charge is -2.16. The second-order valence-electron chi connectivity index (χ2n) is 8.65. The molecule has 2 N–H and O–H groups in total. The number of sulfonamides is 1. The van der Waals surface area contributed by atoms with E-state index < -0.39 is 32.7 Å². The number of hydrogen-bond donors (Lipinski definition) is 2. The van der Waals surface area contributed by atoms with E-state index in [4.69, 9.17) is 9.84 Å². The third kappa shape index (κ3) is 5.63. The van der Waals surface area contributed by atoms with Gasteiger partial charge in [-0.15, -0.1) is 0 Å². The molecule has 0 heterocycles. The van der Waals surface area contributed by atoms with Crippen LogP contribution in [0.1, 0.15) is 47.7 Å². The second-order valence-corrected chi connectivity index (χ2v) is 10.3. The summed E-state index contributed by atoms with van der Waals surface area (Å²) in [6, 6.07) is 15.1. The topological polar surface area (TPSA) is 110 Å². The average molecular weight is 512 g/mol. The van der Waals surface area contributed by atoms with Crippen molar-refractivity contribution in [2.24, 2.45) is 0 Å². The van der Waals surface area contributed by atoms with E-state index in [-0.39, 0.29) is 12.2 Å². The van der Waals surface area contributed by atoms with Crippen molar-refractivity contribution >= 4 is 21.8 Å². The SMILES string of the molecule is CC[C@@H](NS(=O)(=O)c1ccc(-c2ccc(COc3ccc4c(c3)CCCC4=O)cc2)cc1F)C(=O)O. The van der Waals surface area contributed by atoms with Gasteiger partial charge in [-0.3, -0.25) is 9.59 Å². The molecule has 0 saturated heterocycles. The van der Waals surface area contributed by atoms with Gasteiger partial charge in [0.25, 0.3) is 0 Å². The van der Waals surface area contributed by atoms with Gasteiger partial charge in [0.05, 0.1) is 0 Å². The van der Waals surface area contributed by atoms with Crippen LogP contribution in [0.3, 0.4) is 0 Å². The van der Waals surface area contributed by atoms with Crippen LogP contribution in [0, 0.1) is 5.82 Å². The third-order valence-electron chi connectivity index (χ3n) is 6.14. The molecule has 188 valence electrons. The Kier molecular flexibility index (Phi) is 7.51. The summed E-state index contributed by atoms with van der Waals surface area (Å²) in [6.45, 7) is 1.83. The summed E-state index contributed by atoms with van der Waals surface area (Å²) in [6.07, 6.45) is 2.32. The Morgan fingerprint density at radius 1 is 1.06 bits per heavy atom. The lowest BCUT2D eigenvalue weighted by atomic mass is 9.90. The van der Waals surface area contributed by atoms with E-state index in [0.717, 1.165) is 41.7 Å². The Labute approximate surface area is 209 Å². The van der Waals surface area contributed by atoms with Crippen molar-refractivity contribution in [2.45, 2.75) is 50.2 Å². The summed E-state index contributed by atoms with van der Waals surface area (Å²) in [5.74, 6) is -1.45. The van der Waals surface area contributed by atoms with Crippen LogP contribution in [0.5, 0.6) is 5.75 Å². The molecule has 7 nitrogen and oxygen atoms in total. The minimum atomic E-state index is -4.34. The maximum atomic E-state index is 14.7. The Morgan fingerprint density at radius 2 is 1.78 bits per heavy atom. The van der Waals surface area contributed by atoms with Crippen molar-refractivity contribution in [1.82, 2.24) is 4.72 Å². The number of halogens is 1. The first-order valence-corrected chi connectivity index (χ1v) is 13.1. The number of hydrogen-bond acceptors (Lipinski definition) is 5. The van der Waals surface area contributed by atoms with E-state index in [9.17, 15) is 22.4 Å². The molecular weight excluding hydrogens is 485 g/mol. The number of ketones is 1. The smallest absolute Gasteiger partial charge is 0.321 e.